The summed E-state index contributed by atoms with van der Waals surface area (Å²) in [4.78, 5) is 139. The molecule has 1 aliphatic rings. The molecule has 0 saturated carbocycles. The Hall–Kier alpha value is -5.68. The minimum atomic E-state index is -1.77. The highest BCUT2D eigenvalue weighted by Gasteiger charge is 2.43. The van der Waals surface area contributed by atoms with Gasteiger partial charge in [0.15, 0.2) is 0 Å². The van der Waals surface area contributed by atoms with Crippen LogP contribution in [-0.2, 0) is 47.9 Å². The zero-order chi connectivity index (χ0) is 62.0. The largest absolute Gasteiger partial charge is 0.633 e. The van der Waals surface area contributed by atoms with Gasteiger partial charge >= 0.3 is 0 Å². The first kappa shape index (κ1) is 72.3. The fourth-order valence-corrected chi connectivity index (χ4v) is 8.90. The van der Waals surface area contributed by atoms with Crippen molar-refractivity contribution in [1.82, 2.24) is 52.8 Å². The molecule has 1 rings (SSSR count). The molecule has 1 aliphatic heterocycles. The van der Waals surface area contributed by atoms with Crippen LogP contribution in [0.25, 0.3) is 0 Å². The molecular weight excluding hydrogens is 1030 g/mol. The van der Waals surface area contributed by atoms with Crippen LogP contribution in [0.15, 0.2) is 12.2 Å². The second-order valence-corrected chi connectivity index (χ2v) is 25.9. The van der Waals surface area contributed by atoms with Crippen molar-refractivity contribution in [1.29, 1.82) is 0 Å². The van der Waals surface area contributed by atoms with Crippen molar-refractivity contribution in [2.45, 2.75) is 222 Å². The summed E-state index contributed by atoms with van der Waals surface area (Å²) in [7, 11) is 2.92. The number of carbonyl (C=O) groups excluding carboxylic acids is 10. The lowest BCUT2D eigenvalue weighted by Crippen LogP contribution is -2.66. The number of likely N-dealkylation sites (N-methyl/N-ethyl adjacent to an activating group) is 1. The minimum Gasteiger partial charge on any atom is -0.633 e. The van der Waals surface area contributed by atoms with Gasteiger partial charge in [-0.15, -0.1) is 0 Å². The third kappa shape index (κ3) is 25.0. The molecule has 23 nitrogen and oxygen atoms in total. The summed E-state index contributed by atoms with van der Waals surface area (Å²) < 4.78 is -0.590. The Morgan fingerprint density at radius 3 is 1.61 bits per heavy atom. The quantitative estimate of drug-likeness (QED) is 0.0263. The fourth-order valence-electron chi connectivity index (χ4n) is 8.90. The minimum absolute atomic E-state index is 0.0205. The van der Waals surface area contributed by atoms with Gasteiger partial charge in [-0.1, -0.05) is 88.7 Å². The van der Waals surface area contributed by atoms with E-state index >= 15 is 0 Å². The number of aliphatic hydroxyl groups excluding tert-OH is 1. The van der Waals surface area contributed by atoms with Crippen LogP contribution < -0.4 is 47.9 Å². The number of rotatable bonds is 32. The molecule has 0 aromatic carbocycles. The molecule has 23 heteroatoms. The highest BCUT2D eigenvalue weighted by molar-refractivity contribution is 6.00. The van der Waals surface area contributed by atoms with E-state index in [2.05, 4.69) is 47.9 Å². The number of hydroxylamine groups is 3. The summed E-state index contributed by atoms with van der Waals surface area (Å²) in [5, 5.41) is 47.6. The first-order chi connectivity index (χ1) is 36.5. The zero-order valence-electron chi connectivity index (χ0n) is 51.9. The molecule has 80 heavy (non-hydrogen) atoms. The monoisotopic (exact) mass is 1130 g/mol. The molecule has 0 aliphatic carbocycles. The van der Waals surface area contributed by atoms with E-state index in [1.807, 2.05) is 62.3 Å². The van der Waals surface area contributed by atoms with Gasteiger partial charge in [0.1, 0.15) is 46.8 Å². The van der Waals surface area contributed by atoms with Crippen molar-refractivity contribution in [2.75, 3.05) is 33.7 Å². The van der Waals surface area contributed by atoms with E-state index in [-0.39, 0.29) is 80.2 Å². The molecule has 0 radical (unpaired) electrons. The van der Waals surface area contributed by atoms with Crippen molar-refractivity contribution >= 4 is 59.1 Å². The standard InChI is InChI=1S/C57H103N11O12/c1-21-36(10)22-23-44(70)67-30-37(11)29-42(67)50(75)61-39(26-32(2)3)48(73)63-45(46(71)35(8)9)51(76)65-56(15,16)53(78)62-40(27-33(4)5)47(72)60-41(28-34(6)7)49(74)64-57(17,18)54(79)66-55(13,14)52(77)58-25-24-43(69)59-38(12)31-68(19,20)80/h22-23,32-42,45-46,71H,21,24-31H2,1-20H3,(H,58,77)(H,59,69)(H,60,72)(H,61,75)(H,62,78)(H,63,73)(H,64,74)(H,65,76)(H,66,79)/b23-22+. The van der Waals surface area contributed by atoms with Crippen LogP contribution in [0.1, 0.15) is 163 Å². The van der Waals surface area contributed by atoms with E-state index in [4.69, 9.17) is 0 Å². The Labute approximate surface area is 476 Å². The van der Waals surface area contributed by atoms with Gasteiger partial charge in [-0.25, -0.2) is 0 Å². The maximum atomic E-state index is 14.2. The lowest BCUT2D eigenvalue weighted by Gasteiger charge is -2.36. The Balaban J connectivity index is 3.27. The zero-order valence-corrected chi connectivity index (χ0v) is 51.9. The van der Waals surface area contributed by atoms with Crippen molar-refractivity contribution in [3.63, 3.8) is 0 Å². The van der Waals surface area contributed by atoms with Crippen molar-refractivity contribution < 1.29 is 57.7 Å². The van der Waals surface area contributed by atoms with E-state index in [0.717, 1.165) is 6.42 Å². The van der Waals surface area contributed by atoms with Crippen molar-refractivity contribution in [2.24, 2.45) is 35.5 Å². The van der Waals surface area contributed by atoms with Crippen LogP contribution in [-0.4, -0.2) is 166 Å². The summed E-state index contributed by atoms with van der Waals surface area (Å²) in [6.07, 6.45) is 3.33. The SMILES string of the molecule is CCC(C)/C=C/C(=O)N1CC(C)CC1C(=O)NC(CC(C)C)C(=O)NC(C(=O)NC(C)(C)C(=O)NC(CC(C)C)C(=O)NC(CC(C)C)C(=O)NC(C)(C)C(=O)NC(C)(C)C(=O)NCCC(=O)NC(C)C[N+](C)(C)[O-])C(O)C(C)C. The summed E-state index contributed by atoms with van der Waals surface area (Å²) >= 11 is 0. The maximum Gasteiger partial charge on any atom is 0.246 e. The van der Waals surface area contributed by atoms with Gasteiger partial charge in [0, 0.05) is 19.5 Å². The van der Waals surface area contributed by atoms with E-state index in [1.54, 1.807) is 26.8 Å². The van der Waals surface area contributed by atoms with E-state index < -0.39 is 117 Å². The predicted octanol–water partition coefficient (Wildman–Crippen LogP) is 2.19. The molecule has 0 bridgehead atoms. The number of quaternary nitrogens is 1. The third-order valence-corrected chi connectivity index (χ3v) is 13.7. The number of likely N-dealkylation sites (tertiary alicyclic amines) is 1. The Morgan fingerprint density at radius 1 is 0.637 bits per heavy atom. The van der Waals surface area contributed by atoms with Crippen LogP contribution >= 0.6 is 0 Å². The summed E-state index contributed by atoms with van der Waals surface area (Å²) in [6, 6.07) is -6.46. The van der Waals surface area contributed by atoms with Gasteiger partial charge in [0.05, 0.1) is 32.8 Å². The number of amides is 10. The molecule has 10 N–H and O–H groups in total. The second kappa shape index (κ2) is 31.5. The number of nitrogens with zero attached hydrogens (tertiary/aromatic N) is 2. The van der Waals surface area contributed by atoms with Crippen LogP contribution in [0.2, 0.25) is 0 Å². The third-order valence-electron chi connectivity index (χ3n) is 13.7. The van der Waals surface area contributed by atoms with Crippen molar-refractivity contribution in [3.8, 4) is 0 Å². The highest BCUT2D eigenvalue weighted by Crippen LogP contribution is 2.25. The number of hydrogen-bond donors (Lipinski definition) is 10. The molecule has 0 aromatic rings. The van der Waals surface area contributed by atoms with Crippen LogP contribution in [0.4, 0.5) is 0 Å². The summed E-state index contributed by atoms with van der Waals surface area (Å²) in [5.41, 5.74) is -4.90. The maximum absolute atomic E-state index is 14.2. The molecule has 9 unspecified atom stereocenters. The number of nitrogens with one attached hydrogen (secondary N) is 9. The number of carbonyl (C=O) groups is 10. The van der Waals surface area contributed by atoms with Gasteiger partial charge in [-0.05, 0) is 116 Å². The van der Waals surface area contributed by atoms with Crippen LogP contribution in [0.3, 0.4) is 0 Å². The highest BCUT2D eigenvalue weighted by atomic mass is 16.5. The van der Waals surface area contributed by atoms with Gasteiger partial charge in [0.2, 0.25) is 59.1 Å². The number of hydrogen-bond acceptors (Lipinski definition) is 12. The Bertz CT molecular complexity index is 2170. The summed E-state index contributed by atoms with van der Waals surface area (Å²) in [6.45, 7) is 30.9. The van der Waals surface area contributed by atoms with E-state index in [9.17, 15) is 58.3 Å². The molecular formula is C57H103N11O12. The first-order valence-electron chi connectivity index (χ1n) is 28.5. The Kier molecular flexibility index (Phi) is 28.5. The molecule has 0 aromatic heterocycles. The average Bonchev–Trinajstić information content (AvgIpc) is 3.71. The number of aliphatic hydroxyl groups is 1. The van der Waals surface area contributed by atoms with Gasteiger partial charge in [-0.3, -0.25) is 47.9 Å². The first-order valence-corrected chi connectivity index (χ1v) is 28.5. The molecule has 10 amide bonds. The molecule has 9 atom stereocenters. The molecule has 0 spiro atoms. The second-order valence-electron chi connectivity index (χ2n) is 25.9. The van der Waals surface area contributed by atoms with Crippen LogP contribution in [0, 0.1) is 40.7 Å². The lowest BCUT2D eigenvalue weighted by atomic mass is 9.95. The van der Waals surface area contributed by atoms with Gasteiger partial charge < -0.3 is 67.7 Å². The van der Waals surface area contributed by atoms with Crippen molar-refractivity contribution in [3.05, 3.63) is 17.4 Å². The average molecular weight is 1130 g/mol. The summed E-state index contributed by atoms with van der Waals surface area (Å²) in [5.74, 6) is -7.31. The molecule has 1 fully saturated rings. The normalized spacial score (nSPS) is 17.9. The van der Waals surface area contributed by atoms with Gasteiger partial charge in [0.25, 0.3) is 0 Å². The van der Waals surface area contributed by atoms with E-state index in [1.165, 1.54) is 66.6 Å². The molecule has 458 valence electrons. The molecule has 1 saturated heterocycles. The van der Waals surface area contributed by atoms with E-state index in [0.29, 0.717) is 13.0 Å². The topological polar surface area (TPSA) is 326 Å². The fraction of sp³-hybridized carbons (Fsp3) is 0.789. The number of allylic oxidation sites excluding steroid dienone is 1. The predicted molar refractivity (Wildman–Crippen MR) is 307 cm³/mol. The lowest BCUT2D eigenvalue weighted by molar-refractivity contribution is -0.840. The smallest absolute Gasteiger partial charge is 0.246 e. The molecule has 1 heterocycles. The Morgan fingerprint density at radius 2 is 1.11 bits per heavy atom. The van der Waals surface area contributed by atoms with Gasteiger partial charge in [-0.2, -0.15) is 0 Å². The van der Waals surface area contributed by atoms with Crippen LogP contribution in [0.5, 0.6) is 0 Å².